The van der Waals surface area contributed by atoms with Crippen LogP contribution in [0.2, 0.25) is 0 Å². The van der Waals surface area contributed by atoms with Crippen LogP contribution in [0.3, 0.4) is 0 Å². The first-order chi connectivity index (χ1) is 27.7. The van der Waals surface area contributed by atoms with Gasteiger partial charge in [-0.25, -0.2) is 0 Å². The van der Waals surface area contributed by atoms with Gasteiger partial charge >= 0.3 is 0 Å². The molecule has 0 aliphatic heterocycles. The fourth-order valence-corrected chi connectivity index (χ4v) is 7.84. The topological polar surface area (TPSA) is 16.4 Å². The van der Waals surface area contributed by atoms with Gasteiger partial charge in [-0.05, 0) is 98.4 Å². The molecule has 0 unspecified atom stereocenters. The number of rotatable bonds is 8. The molecule has 0 atom stereocenters. The molecule has 0 saturated heterocycles. The van der Waals surface area contributed by atoms with Crippen LogP contribution in [0.5, 0.6) is 0 Å². The molecule has 0 aliphatic carbocycles. The van der Waals surface area contributed by atoms with E-state index in [1.807, 2.05) is 18.2 Å². The number of furan rings is 1. The van der Waals surface area contributed by atoms with Gasteiger partial charge in [-0.3, -0.25) is 0 Å². The monoisotopic (exact) mass is 715 g/mol. The fraction of sp³-hybridized carbons (Fsp3) is 0. The number of hydrogen-bond donors (Lipinski definition) is 0. The highest BCUT2D eigenvalue weighted by molar-refractivity contribution is 6.06. The number of hydrogen-bond acceptors (Lipinski definition) is 2. The van der Waals surface area contributed by atoms with Gasteiger partial charge in [-0.2, -0.15) is 0 Å². The summed E-state index contributed by atoms with van der Waals surface area (Å²) in [5.74, 6) is 0.870. The van der Waals surface area contributed by atoms with Gasteiger partial charge in [0.15, 0.2) is 0 Å². The number of anilines is 3. The minimum absolute atomic E-state index is 0.870. The van der Waals surface area contributed by atoms with E-state index in [0.717, 1.165) is 44.9 Å². The maximum Gasteiger partial charge on any atom is 0.135 e. The van der Waals surface area contributed by atoms with Crippen LogP contribution in [0.4, 0.5) is 17.1 Å². The molecule has 1 aromatic heterocycles. The highest BCUT2D eigenvalue weighted by atomic mass is 16.3. The molecular formula is C54H37NO. The lowest BCUT2D eigenvalue weighted by molar-refractivity contribution is 0.631. The number of fused-ring (bicyclic) bond motifs is 2. The Hall–Kier alpha value is -7.42. The Bertz CT molecular complexity index is 2890. The molecule has 0 fully saturated rings. The van der Waals surface area contributed by atoms with Gasteiger partial charge in [0.2, 0.25) is 0 Å². The summed E-state index contributed by atoms with van der Waals surface area (Å²) >= 11 is 0. The summed E-state index contributed by atoms with van der Waals surface area (Å²) < 4.78 is 6.27. The van der Waals surface area contributed by atoms with E-state index in [2.05, 4.69) is 211 Å². The van der Waals surface area contributed by atoms with Crippen LogP contribution in [0.1, 0.15) is 0 Å². The second-order valence-electron chi connectivity index (χ2n) is 14.1. The number of nitrogens with zero attached hydrogens (tertiary/aromatic N) is 1. The molecule has 2 nitrogen and oxygen atoms in total. The van der Waals surface area contributed by atoms with Crippen LogP contribution < -0.4 is 4.90 Å². The van der Waals surface area contributed by atoms with Gasteiger partial charge in [0.05, 0.1) is 5.69 Å². The molecule has 264 valence electrons. The van der Waals surface area contributed by atoms with Gasteiger partial charge in [0, 0.05) is 27.7 Å². The average Bonchev–Trinajstić information content (AvgIpc) is 3.73. The third-order valence-corrected chi connectivity index (χ3v) is 10.7. The molecule has 0 N–H and O–H groups in total. The Labute approximate surface area is 327 Å². The van der Waals surface area contributed by atoms with Crippen molar-refractivity contribution in [2.24, 2.45) is 0 Å². The fourth-order valence-electron chi connectivity index (χ4n) is 7.84. The van der Waals surface area contributed by atoms with Crippen LogP contribution in [-0.4, -0.2) is 0 Å². The maximum atomic E-state index is 6.27. The lowest BCUT2D eigenvalue weighted by Gasteiger charge is -2.28. The van der Waals surface area contributed by atoms with Gasteiger partial charge in [0.25, 0.3) is 0 Å². The lowest BCUT2D eigenvalue weighted by atomic mass is 9.94. The first kappa shape index (κ1) is 33.2. The normalized spacial score (nSPS) is 11.2. The zero-order valence-electron chi connectivity index (χ0n) is 30.7. The van der Waals surface area contributed by atoms with E-state index < -0.39 is 0 Å². The Morgan fingerprint density at radius 1 is 0.304 bits per heavy atom. The standard InChI is InChI=1S/C54H37NO/c1-3-12-38(13-4-1)40-22-24-41(25-23-40)43-28-32-48(33-29-43)55(47-30-26-42(27-31-47)39-14-5-2-6-15-39)52-35-34-49(50-19-8-9-20-51(50)52)44-17-11-18-45(36-44)54-37-46-16-7-10-21-53(46)56-54/h1-37H. The minimum Gasteiger partial charge on any atom is -0.456 e. The molecule has 1 heterocycles. The molecule has 0 bridgehead atoms. The van der Waals surface area contributed by atoms with Crippen LogP contribution >= 0.6 is 0 Å². The summed E-state index contributed by atoms with van der Waals surface area (Å²) in [5, 5.41) is 3.47. The van der Waals surface area contributed by atoms with E-state index in [-0.39, 0.29) is 0 Å². The van der Waals surface area contributed by atoms with E-state index in [1.54, 1.807) is 0 Å². The predicted octanol–water partition coefficient (Wildman–Crippen LogP) is 15.4. The number of para-hydroxylation sites is 1. The van der Waals surface area contributed by atoms with Crippen LogP contribution in [0.15, 0.2) is 229 Å². The van der Waals surface area contributed by atoms with Crippen LogP contribution in [0.25, 0.3) is 77.6 Å². The molecule has 10 rings (SSSR count). The molecule has 2 heteroatoms. The largest absolute Gasteiger partial charge is 0.456 e. The second-order valence-corrected chi connectivity index (χ2v) is 14.1. The molecule has 9 aromatic carbocycles. The molecular weight excluding hydrogens is 679 g/mol. The smallest absolute Gasteiger partial charge is 0.135 e. The lowest BCUT2D eigenvalue weighted by Crippen LogP contribution is -2.10. The van der Waals surface area contributed by atoms with E-state index >= 15 is 0 Å². The van der Waals surface area contributed by atoms with E-state index in [0.29, 0.717) is 0 Å². The summed E-state index contributed by atoms with van der Waals surface area (Å²) in [6, 6.07) is 80.1. The summed E-state index contributed by atoms with van der Waals surface area (Å²) in [5.41, 5.74) is 14.8. The van der Waals surface area contributed by atoms with Crippen molar-refractivity contribution in [2.75, 3.05) is 4.90 Å². The van der Waals surface area contributed by atoms with Crippen molar-refractivity contribution in [3.63, 3.8) is 0 Å². The predicted molar refractivity (Wildman–Crippen MR) is 236 cm³/mol. The van der Waals surface area contributed by atoms with Gasteiger partial charge in [0.1, 0.15) is 11.3 Å². The summed E-state index contributed by atoms with van der Waals surface area (Å²) in [7, 11) is 0. The summed E-state index contributed by atoms with van der Waals surface area (Å²) in [6.07, 6.45) is 0. The zero-order chi connectivity index (χ0) is 37.3. The summed E-state index contributed by atoms with van der Waals surface area (Å²) in [6.45, 7) is 0. The molecule has 0 spiro atoms. The highest BCUT2D eigenvalue weighted by Crippen LogP contribution is 2.43. The average molecular weight is 716 g/mol. The van der Waals surface area contributed by atoms with Crippen molar-refractivity contribution in [3.8, 4) is 55.8 Å². The molecule has 56 heavy (non-hydrogen) atoms. The molecule has 0 radical (unpaired) electrons. The second kappa shape index (κ2) is 14.4. The van der Waals surface area contributed by atoms with E-state index in [9.17, 15) is 0 Å². The molecule has 0 saturated carbocycles. The van der Waals surface area contributed by atoms with Gasteiger partial charge < -0.3 is 9.32 Å². The quantitative estimate of drug-likeness (QED) is 0.156. The van der Waals surface area contributed by atoms with Crippen molar-refractivity contribution in [1.82, 2.24) is 0 Å². The first-order valence-electron chi connectivity index (χ1n) is 19.1. The SMILES string of the molecule is c1ccc(-c2ccc(-c3ccc(N(c4ccc(-c5ccccc5)cc4)c4ccc(-c5cccc(-c6cc7ccccc7o6)c5)c5ccccc45)cc3)cc2)cc1. The zero-order valence-corrected chi connectivity index (χ0v) is 30.7. The Kier molecular flexibility index (Phi) is 8.55. The molecule has 0 amide bonds. The van der Waals surface area contributed by atoms with E-state index in [4.69, 9.17) is 4.42 Å². The van der Waals surface area contributed by atoms with Crippen molar-refractivity contribution < 1.29 is 4.42 Å². The highest BCUT2D eigenvalue weighted by Gasteiger charge is 2.18. The molecule has 10 aromatic rings. The Balaban J connectivity index is 1.06. The van der Waals surface area contributed by atoms with Crippen molar-refractivity contribution in [3.05, 3.63) is 224 Å². The minimum atomic E-state index is 0.870. The van der Waals surface area contributed by atoms with Crippen LogP contribution in [-0.2, 0) is 0 Å². The van der Waals surface area contributed by atoms with Crippen molar-refractivity contribution in [1.29, 1.82) is 0 Å². The van der Waals surface area contributed by atoms with E-state index in [1.165, 1.54) is 49.7 Å². The van der Waals surface area contributed by atoms with Crippen molar-refractivity contribution in [2.45, 2.75) is 0 Å². The maximum absolute atomic E-state index is 6.27. The Morgan fingerprint density at radius 2 is 0.768 bits per heavy atom. The third kappa shape index (κ3) is 6.34. The summed E-state index contributed by atoms with van der Waals surface area (Å²) in [4.78, 5) is 2.38. The third-order valence-electron chi connectivity index (χ3n) is 10.7. The van der Waals surface area contributed by atoms with Gasteiger partial charge in [-0.1, -0.05) is 176 Å². The Morgan fingerprint density at radius 3 is 1.36 bits per heavy atom. The van der Waals surface area contributed by atoms with Gasteiger partial charge in [-0.15, -0.1) is 0 Å². The van der Waals surface area contributed by atoms with Crippen LogP contribution in [0, 0.1) is 0 Å². The first-order valence-corrected chi connectivity index (χ1v) is 19.1. The molecule has 0 aliphatic rings. The number of benzene rings is 9. The van der Waals surface area contributed by atoms with Crippen molar-refractivity contribution >= 4 is 38.8 Å².